The highest BCUT2D eigenvalue weighted by molar-refractivity contribution is 5.94. The molecule has 0 saturated heterocycles. The lowest BCUT2D eigenvalue weighted by Crippen LogP contribution is -1.97. The fourth-order valence-corrected chi connectivity index (χ4v) is 2.75. The van der Waals surface area contributed by atoms with Crippen LogP contribution in [0.15, 0.2) is 42.5 Å². The van der Waals surface area contributed by atoms with Gasteiger partial charge in [-0.1, -0.05) is 42.0 Å². The number of anilines is 1. The molecule has 2 aromatic carbocycles. The van der Waals surface area contributed by atoms with Crippen molar-refractivity contribution in [1.82, 2.24) is 4.98 Å². The maximum absolute atomic E-state index is 6.13. The van der Waals surface area contributed by atoms with Gasteiger partial charge in [-0.05, 0) is 43.4 Å². The van der Waals surface area contributed by atoms with Gasteiger partial charge in [-0.2, -0.15) is 0 Å². The number of pyridine rings is 1. The van der Waals surface area contributed by atoms with Crippen LogP contribution in [0.1, 0.15) is 16.7 Å². The molecular formula is C18H18N2. The molecule has 0 fully saturated rings. The molecule has 0 bridgehead atoms. The molecule has 1 heterocycles. The third-order valence-electron chi connectivity index (χ3n) is 3.75. The van der Waals surface area contributed by atoms with Crippen molar-refractivity contribution in [3.63, 3.8) is 0 Å². The Morgan fingerprint density at radius 3 is 2.30 bits per heavy atom. The zero-order valence-corrected chi connectivity index (χ0v) is 12.1. The van der Waals surface area contributed by atoms with Crippen molar-refractivity contribution in [3.8, 4) is 11.3 Å². The molecule has 0 aliphatic heterocycles. The van der Waals surface area contributed by atoms with Crippen LogP contribution in [0.2, 0.25) is 0 Å². The van der Waals surface area contributed by atoms with E-state index in [1.165, 1.54) is 22.3 Å². The van der Waals surface area contributed by atoms with Gasteiger partial charge in [-0.15, -0.1) is 0 Å². The van der Waals surface area contributed by atoms with E-state index in [0.717, 1.165) is 16.5 Å². The van der Waals surface area contributed by atoms with E-state index in [9.17, 15) is 0 Å². The molecule has 0 atom stereocenters. The smallest absolute Gasteiger partial charge is 0.131 e. The minimum absolute atomic E-state index is 0.597. The summed E-state index contributed by atoms with van der Waals surface area (Å²) >= 11 is 0. The monoisotopic (exact) mass is 262 g/mol. The van der Waals surface area contributed by atoms with E-state index in [0.29, 0.717) is 5.82 Å². The normalized spacial score (nSPS) is 10.9. The number of rotatable bonds is 1. The highest BCUT2D eigenvalue weighted by Gasteiger charge is 2.10. The molecule has 0 amide bonds. The van der Waals surface area contributed by atoms with Crippen LogP contribution in [0.25, 0.3) is 22.0 Å². The molecule has 0 unspecified atom stereocenters. The average Bonchev–Trinajstić information content (AvgIpc) is 2.38. The van der Waals surface area contributed by atoms with E-state index < -0.39 is 0 Å². The Labute approximate surface area is 119 Å². The number of fused-ring (bicyclic) bond motifs is 1. The average molecular weight is 262 g/mol. The zero-order valence-electron chi connectivity index (χ0n) is 12.1. The lowest BCUT2D eigenvalue weighted by Gasteiger charge is -2.12. The van der Waals surface area contributed by atoms with Gasteiger partial charge in [0.05, 0.1) is 5.69 Å². The van der Waals surface area contributed by atoms with Gasteiger partial charge in [-0.3, -0.25) is 0 Å². The van der Waals surface area contributed by atoms with E-state index in [-0.39, 0.29) is 0 Å². The summed E-state index contributed by atoms with van der Waals surface area (Å²) in [6.07, 6.45) is 0. The minimum atomic E-state index is 0.597. The van der Waals surface area contributed by atoms with Gasteiger partial charge < -0.3 is 5.73 Å². The van der Waals surface area contributed by atoms with Crippen LogP contribution in [0.5, 0.6) is 0 Å². The van der Waals surface area contributed by atoms with Gasteiger partial charge in [-0.25, -0.2) is 4.98 Å². The number of nitrogens with two attached hydrogens (primary N) is 1. The highest BCUT2D eigenvalue weighted by atomic mass is 14.8. The Morgan fingerprint density at radius 1 is 0.900 bits per heavy atom. The van der Waals surface area contributed by atoms with Crippen LogP contribution < -0.4 is 5.73 Å². The van der Waals surface area contributed by atoms with Crippen LogP contribution in [0.3, 0.4) is 0 Å². The third-order valence-corrected chi connectivity index (χ3v) is 3.75. The van der Waals surface area contributed by atoms with Gasteiger partial charge in [0.15, 0.2) is 0 Å². The summed E-state index contributed by atoms with van der Waals surface area (Å²) in [5.74, 6) is 0.597. The van der Waals surface area contributed by atoms with Crippen LogP contribution in [0, 0.1) is 20.8 Å². The number of aromatic nitrogens is 1. The summed E-state index contributed by atoms with van der Waals surface area (Å²) in [5.41, 5.74) is 12.0. The van der Waals surface area contributed by atoms with Crippen LogP contribution in [0.4, 0.5) is 5.82 Å². The Bertz CT molecular complexity index is 784. The topological polar surface area (TPSA) is 38.9 Å². The lowest BCUT2D eigenvalue weighted by molar-refractivity contribution is 1.30. The molecule has 2 nitrogen and oxygen atoms in total. The summed E-state index contributed by atoms with van der Waals surface area (Å²) in [6.45, 7) is 6.32. The SMILES string of the molecule is Cc1ccc2c(N)nc(-c3c(C)cccc3C)cc2c1. The summed E-state index contributed by atoms with van der Waals surface area (Å²) in [6, 6.07) is 14.7. The molecule has 100 valence electrons. The molecule has 0 saturated carbocycles. The summed E-state index contributed by atoms with van der Waals surface area (Å²) in [5, 5.41) is 2.17. The molecule has 0 radical (unpaired) electrons. The maximum atomic E-state index is 6.13. The zero-order chi connectivity index (χ0) is 14.3. The van der Waals surface area contributed by atoms with E-state index in [1.807, 2.05) is 6.07 Å². The first-order valence-electron chi connectivity index (χ1n) is 6.80. The van der Waals surface area contributed by atoms with Crippen molar-refractivity contribution >= 4 is 16.6 Å². The molecule has 2 heteroatoms. The van der Waals surface area contributed by atoms with E-state index >= 15 is 0 Å². The van der Waals surface area contributed by atoms with Crippen molar-refractivity contribution in [2.24, 2.45) is 0 Å². The highest BCUT2D eigenvalue weighted by Crippen LogP contribution is 2.30. The fourth-order valence-electron chi connectivity index (χ4n) is 2.75. The predicted molar refractivity (Wildman–Crippen MR) is 85.8 cm³/mol. The van der Waals surface area contributed by atoms with Gasteiger partial charge in [0.1, 0.15) is 5.82 Å². The molecule has 0 spiro atoms. The molecule has 1 aromatic heterocycles. The van der Waals surface area contributed by atoms with Gasteiger partial charge >= 0.3 is 0 Å². The second-order valence-corrected chi connectivity index (χ2v) is 5.38. The predicted octanol–water partition coefficient (Wildman–Crippen LogP) is 4.41. The molecule has 3 aromatic rings. The second kappa shape index (κ2) is 4.64. The molecule has 2 N–H and O–H groups in total. The Balaban J connectivity index is 2.32. The van der Waals surface area contributed by atoms with Crippen molar-refractivity contribution in [2.45, 2.75) is 20.8 Å². The van der Waals surface area contributed by atoms with E-state index in [1.54, 1.807) is 0 Å². The first-order chi connectivity index (χ1) is 9.56. The van der Waals surface area contributed by atoms with E-state index in [4.69, 9.17) is 5.73 Å². The Kier molecular flexibility index (Phi) is 2.94. The number of hydrogen-bond donors (Lipinski definition) is 1. The molecule has 0 aliphatic carbocycles. The summed E-state index contributed by atoms with van der Waals surface area (Å²) in [7, 11) is 0. The number of aryl methyl sites for hydroxylation is 3. The number of nitrogens with zero attached hydrogens (tertiary/aromatic N) is 1. The van der Waals surface area contributed by atoms with Gasteiger partial charge in [0.2, 0.25) is 0 Å². The first-order valence-corrected chi connectivity index (χ1v) is 6.80. The second-order valence-electron chi connectivity index (χ2n) is 5.38. The number of benzene rings is 2. The first kappa shape index (κ1) is 12.7. The van der Waals surface area contributed by atoms with E-state index in [2.05, 4.69) is 62.2 Å². The van der Waals surface area contributed by atoms with Crippen LogP contribution in [-0.2, 0) is 0 Å². The molecule has 3 rings (SSSR count). The fraction of sp³-hybridized carbons (Fsp3) is 0.167. The van der Waals surface area contributed by atoms with Crippen molar-refractivity contribution in [3.05, 3.63) is 59.2 Å². The summed E-state index contributed by atoms with van der Waals surface area (Å²) < 4.78 is 0. The molecule has 20 heavy (non-hydrogen) atoms. The minimum Gasteiger partial charge on any atom is -0.383 e. The van der Waals surface area contributed by atoms with Crippen LogP contribution in [-0.4, -0.2) is 4.98 Å². The quantitative estimate of drug-likeness (QED) is 0.705. The third kappa shape index (κ3) is 2.03. The van der Waals surface area contributed by atoms with Gasteiger partial charge in [0.25, 0.3) is 0 Å². The van der Waals surface area contributed by atoms with Crippen molar-refractivity contribution in [1.29, 1.82) is 0 Å². The Morgan fingerprint density at radius 2 is 1.60 bits per heavy atom. The van der Waals surface area contributed by atoms with Crippen LogP contribution >= 0.6 is 0 Å². The maximum Gasteiger partial charge on any atom is 0.131 e. The molecular weight excluding hydrogens is 244 g/mol. The molecule has 0 aliphatic rings. The largest absolute Gasteiger partial charge is 0.383 e. The summed E-state index contributed by atoms with van der Waals surface area (Å²) in [4.78, 5) is 4.60. The number of nitrogen functional groups attached to an aromatic ring is 1. The standard InChI is InChI=1S/C18H18N2/c1-11-7-8-15-14(9-11)10-16(20-18(15)19)17-12(2)5-4-6-13(17)3/h4-10H,1-3H3,(H2,19,20). The van der Waals surface area contributed by atoms with Gasteiger partial charge in [0, 0.05) is 10.9 Å². The van der Waals surface area contributed by atoms with Crippen molar-refractivity contribution in [2.75, 3.05) is 5.73 Å². The lowest BCUT2D eigenvalue weighted by atomic mass is 9.98. The number of hydrogen-bond acceptors (Lipinski definition) is 2. The van der Waals surface area contributed by atoms with Crippen molar-refractivity contribution < 1.29 is 0 Å². The Hall–Kier alpha value is -2.35.